The Labute approximate surface area is 182 Å². The summed E-state index contributed by atoms with van der Waals surface area (Å²) in [4.78, 5) is 37.7. The van der Waals surface area contributed by atoms with E-state index >= 15 is 0 Å². The maximum Gasteiger partial charge on any atom is 0.390 e. The zero-order valence-electron chi connectivity index (χ0n) is 17.2. The normalized spacial score (nSPS) is 19.5. The number of urea groups is 1. The van der Waals surface area contributed by atoms with E-state index in [1.165, 1.54) is 11.0 Å². The topological polar surface area (TPSA) is 102 Å². The number of fused-ring (bicyclic) bond motifs is 4. The van der Waals surface area contributed by atoms with Crippen molar-refractivity contribution < 1.29 is 22.8 Å². The summed E-state index contributed by atoms with van der Waals surface area (Å²) in [5.41, 5.74) is -0.170. The predicted octanol–water partition coefficient (Wildman–Crippen LogP) is 2.34. The summed E-state index contributed by atoms with van der Waals surface area (Å²) in [6.07, 6.45) is -3.35. The molecule has 2 bridgehead atoms. The van der Waals surface area contributed by atoms with Crippen LogP contribution in [0.4, 0.5) is 35.3 Å². The number of nitrogens with one attached hydrogen (secondary N) is 3. The first-order chi connectivity index (χ1) is 15.2. The molecule has 4 rings (SSSR count). The van der Waals surface area contributed by atoms with Crippen molar-refractivity contribution >= 4 is 29.3 Å². The van der Waals surface area contributed by atoms with Gasteiger partial charge in [-0.2, -0.15) is 13.2 Å². The highest BCUT2D eigenvalue weighted by Crippen LogP contribution is 2.43. The highest BCUT2D eigenvalue weighted by molar-refractivity contribution is 6.05. The smallest absolute Gasteiger partial charge is 0.365 e. The van der Waals surface area contributed by atoms with E-state index < -0.39 is 36.7 Å². The zero-order valence-corrected chi connectivity index (χ0v) is 17.2. The summed E-state index contributed by atoms with van der Waals surface area (Å²) in [6.45, 7) is 0.627. The number of hydrogen-bond donors (Lipinski definition) is 3. The molecule has 12 heteroatoms. The number of carbonyl (C=O) groups excluding carboxylic acids is 2. The Kier molecular flexibility index (Phi) is 5.63. The SMILES string of the molecule is CN[C@]12CCN(C1)c1ccc(C(=O)NCCC(F)(F)F)nc1N2C(=O)Nc1ccccn1. The highest BCUT2D eigenvalue weighted by Gasteiger charge is 2.51. The van der Waals surface area contributed by atoms with E-state index in [1.807, 2.05) is 0 Å². The molecule has 1 fully saturated rings. The van der Waals surface area contributed by atoms with E-state index in [-0.39, 0.29) is 11.5 Å². The Morgan fingerprint density at radius 3 is 2.72 bits per heavy atom. The summed E-state index contributed by atoms with van der Waals surface area (Å²) < 4.78 is 37.2. The van der Waals surface area contributed by atoms with Crippen LogP contribution in [0.25, 0.3) is 0 Å². The number of aromatic nitrogens is 2. The standard InChI is InChI=1S/C20H22F3N7O2/c1-24-19-8-11-29(12-19)14-6-5-13(17(31)26-10-7-20(21,22)23)27-16(14)30(19)18(32)28-15-4-2-3-9-25-15/h2-6,9,24H,7-8,10-12H2,1H3,(H,26,31)(H,25,28,32)/t19-/m0/s1. The number of nitrogens with zero attached hydrogens (tertiary/aromatic N) is 4. The fraction of sp³-hybridized carbons (Fsp3) is 0.400. The zero-order chi connectivity index (χ0) is 22.9. The lowest BCUT2D eigenvalue weighted by Gasteiger charge is -2.44. The van der Waals surface area contributed by atoms with Gasteiger partial charge in [0.2, 0.25) is 0 Å². The molecule has 0 unspecified atom stereocenters. The first-order valence-electron chi connectivity index (χ1n) is 10.0. The molecule has 2 aromatic rings. The number of halogens is 3. The van der Waals surface area contributed by atoms with Gasteiger partial charge in [-0.3, -0.25) is 20.3 Å². The quantitative estimate of drug-likeness (QED) is 0.648. The second-order valence-electron chi connectivity index (χ2n) is 7.59. The third-order valence-electron chi connectivity index (χ3n) is 5.58. The van der Waals surface area contributed by atoms with Crippen molar-refractivity contribution in [1.29, 1.82) is 0 Å². The molecular weight excluding hydrogens is 427 g/mol. The van der Waals surface area contributed by atoms with Gasteiger partial charge in [0.15, 0.2) is 5.82 Å². The second kappa shape index (κ2) is 8.26. The molecule has 0 radical (unpaired) electrons. The Bertz CT molecular complexity index is 1020. The number of amides is 3. The molecule has 3 amide bonds. The number of pyridine rings is 2. The number of hydrogen-bond acceptors (Lipinski definition) is 6. The van der Waals surface area contributed by atoms with Crippen molar-refractivity contribution in [3.05, 3.63) is 42.2 Å². The summed E-state index contributed by atoms with van der Waals surface area (Å²) >= 11 is 0. The van der Waals surface area contributed by atoms with Gasteiger partial charge in [0.05, 0.1) is 18.7 Å². The van der Waals surface area contributed by atoms with E-state index in [0.29, 0.717) is 31.0 Å². The molecule has 1 atom stereocenters. The minimum absolute atomic E-state index is 0.0738. The largest absolute Gasteiger partial charge is 0.390 e. The molecule has 32 heavy (non-hydrogen) atoms. The molecule has 1 saturated heterocycles. The molecule has 0 aliphatic carbocycles. The maximum absolute atomic E-state index is 13.3. The summed E-state index contributed by atoms with van der Waals surface area (Å²) in [5, 5.41) is 8.18. The van der Waals surface area contributed by atoms with E-state index in [2.05, 4.69) is 30.8 Å². The average molecular weight is 449 g/mol. The van der Waals surface area contributed by atoms with E-state index in [1.54, 1.807) is 37.5 Å². The first-order valence-corrected chi connectivity index (χ1v) is 10.0. The molecule has 170 valence electrons. The van der Waals surface area contributed by atoms with Crippen LogP contribution in [-0.2, 0) is 0 Å². The fourth-order valence-corrected chi connectivity index (χ4v) is 3.98. The fourth-order valence-electron chi connectivity index (χ4n) is 3.98. The van der Waals surface area contributed by atoms with Gasteiger partial charge in [-0.1, -0.05) is 6.07 Å². The molecule has 9 nitrogen and oxygen atoms in total. The van der Waals surface area contributed by atoms with E-state index in [0.717, 1.165) is 0 Å². The molecule has 0 aromatic carbocycles. The number of rotatable bonds is 5. The van der Waals surface area contributed by atoms with Gasteiger partial charge >= 0.3 is 12.2 Å². The van der Waals surface area contributed by atoms with Crippen LogP contribution in [0, 0.1) is 0 Å². The summed E-state index contributed by atoms with van der Waals surface area (Å²) in [7, 11) is 1.74. The van der Waals surface area contributed by atoms with Crippen LogP contribution in [0.5, 0.6) is 0 Å². The molecule has 2 aliphatic heterocycles. The molecular formula is C20H22F3N7O2. The van der Waals surface area contributed by atoms with E-state index in [9.17, 15) is 22.8 Å². The van der Waals surface area contributed by atoms with Crippen molar-refractivity contribution in [2.75, 3.05) is 41.8 Å². The Morgan fingerprint density at radius 2 is 2.03 bits per heavy atom. The molecule has 2 aliphatic rings. The third-order valence-corrected chi connectivity index (χ3v) is 5.58. The van der Waals surface area contributed by atoms with Gasteiger partial charge in [0.1, 0.15) is 17.2 Å². The minimum atomic E-state index is -4.37. The van der Waals surface area contributed by atoms with Crippen LogP contribution in [0.15, 0.2) is 36.5 Å². The lowest BCUT2D eigenvalue weighted by molar-refractivity contribution is -0.133. The second-order valence-corrected chi connectivity index (χ2v) is 7.59. The van der Waals surface area contributed by atoms with Crippen LogP contribution < -0.4 is 25.8 Å². The van der Waals surface area contributed by atoms with Crippen LogP contribution in [0.1, 0.15) is 23.3 Å². The molecule has 0 saturated carbocycles. The van der Waals surface area contributed by atoms with Gasteiger partial charge in [0, 0.05) is 25.7 Å². The Morgan fingerprint density at radius 1 is 1.22 bits per heavy atom. The van der Waals surface area contributed by atoms with Crippen LogP contribution in [-0.4, -0.2) is 60.4 Å². The molecule has 2 aromatic heterocycles. The van der Waals surface area contributed by atoms with Crippen LogP contribution in [0.3, 0.4) is 0 Å². The number of likely N-dealkylation sites (N-methyl/N-ethyl adjacent to an activating group) is 1. The third kappa shape index (κ3) is 4.17. The number of anilines is 3. The van der Waals surface area contributed by atoms with Gasteiger partial charge in [0.25, 0.3) is 5.91 Å². The van der Waals surface area contributed by atoms with Gasteiger partial charge in [-0.15, -0.1) is 0 Å². The number of alkyl halides is 3. The summed E-state index contributed by atoms with van der Waals surface area (Å²) in [6, 6.07) is 7.73. The van der Waals surface area contributed by atoms with Crippen molar-refractivity contribution in [2.24, 2.45) is 0 Å². The molecule has 3 N–H and O–H groups in total. The summed E-state index contributed by atoms with van der Waals surface area (Å²) in [5.74, 6) is -0.139. The monoisotopic (exact) mass is 449 g/mol. The van der Waals surface area contributed by atoms with Crippen molar-refractivity contribution in [3.8, 4) is 0 Å². The van der Waals surface area contributed by atoms with Crippen LogP contribution in [0.2, 0.25) is 0 Å². The Balaban J connectivity index is 1.64. The van der Waals surface area contributed by atoms with Crippen LogP contribution >= 0.6 is 0 Å². The van der Waals surface area contributed by atoms with Gasteiger partial charge < -0.3 is 10.2 Å². The molecule has 0 spiro atoms. The van der Waals surface area contributed by atoms with Gasteiger partial charge in [-0.25, -0.2) is 14.8 Å². The van der Waals surface area contributed by atoms with Gasteiger partial charge in [-0.05, 0) is 31.3 Å². The Hall–Kier alpha value is -3.41. The van der Waals surface area contributed by atoms with Crippen molar-refractivity contribution in [1.82, 2.24) is 20.6 Å². The maximum atomic E-state index is 13.3. The lowest BCUT2D eigenvalue weighted by atomic mass is 10.1. The average Bonchev–Trinajstić information content (AvgIpc) is 3.13. The first kappa shape index (κ1) is 21.8. The predicted molar refractivity (Wildman–Crippen MR) is 112 cm³/mol. The minimum Gasteiger partial charge on any atom is -0.365 e. The molecule has 4 heterocycles. The lowest BCUT2D eigenvalue weighted by Crippen LogP contribution is -2.65. The van der Waals surface area contributed by atoms with Crippen molar-refractivity contribution in [2.45, 2.75) is 24.7 Å². The number of carbonyl (C=O) groups is 2. The highest BCUT2D eigenvalue weighted by atomic mass is 19.4. The van der Waals surface area contributed by atoms with Crippen molar-refractivity contribution in [3.63, 3.8) is 0 Å². The van der Waals surface area contributed by atoms with E-state index in [4.69, 9.17) is 0 Å².